The number of likely N-dealkylation sites (tertiary alicyclic amines) is 1. The van der Waals surface area contributed by atoms with Crippen molar-refractivity contribution in [2.24, 2.45) is 0 Å². The SMILES string of the molecule is COC(=O)C1CCCN1Cc1ccc(OCCc2nc(-c3ccc(-c4ccccc4)cc3)oc2S(C)(=O)=O)cc1. The van der Waals surface area contributed by atoms with E-state index in [-0.39, 0.29) is 36.0 Å². The van der Waals surface area contributed by atoms with Crippen LogP contribution in [-0.4, -0.2) is 56.8 Å². The van der Waals surface area contributed by atoms with Gasteiger partial charge in [0.25, 0.3) is 0 Å². The first-order valence-electron chi connectivity index (χ1n) is 13.2. The number of hydrogen-bond donors (Lipinski definition) is 0. The molecule has 4 aromatic rings. The smallest absolute Gasteiger partial charge is 0.323 e. The first kappa shape index (κ1) is 27.6. The van der Waals surface area contributed by atoms with E-state index in [1.54, 1.807) is 0 Å². The van der Waals surface area contributed by atoms with E-state index in [1.807, 2.05) is 78.9 Å². The van der Waals surface area contributed by atoms with E-state index in [0.29, 0.717) is 23.6 Å². The molecule has 0 aliphatic carbocycles. The Morgan fingerprint density at radius 1 is 0.975 bits per heavy atom. The van der Waals surface area contributed by atoms with Gasteiger partial charge >= 0.3 is 5.97 Å². The number of methoxy groups -OCH3 is 1. The molecule has 1 atom stereocenters. The minimum atomic E-state index is -3.62. The number of ether oxygens (including phenoxy) is 2. The topological polar surface area (TPSA) is 98.9 Å². The van der Waals surface area contributed by atoms with E-state index in [0.717, 1.165) is 42.3 Å². The number of esters is 1. The number of aromatic nitrogens is 1. The average Bonchev–Trinajstić information content (AvgIpc) is 3.62. The number of benzene rings is 3. The summed E-state index contributed by atoms with van der Waals surface area (Å²) in [6.07, 6.45) is 3.17. The van der Waals surface area contributed by atoms with Crippen molar-refractivity contribution in [1.82, 2.24) is 9.88 Å². The van der Waals surface area contributed by atoms with Crippen LogP contribution in [0.25, 0.3) is 22.6 Å². The predicted molar refractivity (Wildman–Crippen MR) is 152 cm³/mol. The molecule has 0 bridgehead atoms. The molecule has 1 fully saturated rings. The minimum Gasteiger partial charge on any atom is -0.493 e. The van der Waals surface area contributed by atoms with Gasteiger partial charge in [0.2, 0.25) is 20.8 Å². The number of carbonyl (C=O) groups excluding carboxylic acids is 1. The van der Waals surface area contributed by atoms with Gasteiger partial charge in [-0.05, 0) is 60.3 Å². The van der Waals surface area contributed by atoms with E-state index < -0.39 is 9.84 Å². The highest BCUT2D eigenvalue weighted by atomic mass is 32.2. The molecule has 1 aromatic heterocycles. The molecule has 1 aliphatic rings. The molecule has 0 spiro atoms. The Hall–Kier alpha value is -3.95. The largest absolute Gasteiger partial charge is 0.493 e. The lowest BCUT2D eigenvalue weighted by molar-refractivity contribution is -0.146. The van der Waals surface area contributed by atoms with Crippen LogP contribution in [0, 0.1) is 0 Å². The first-order valence-corrected chi connectivity index (χ1v) is 15.1. The molecule has 5 rings (SSSR count). The van der Waals surface area contributed by atoms with Crippen molar-refractivity contribution in [3.8, 4) is 28.3 Å². The molecular weight excluding hydrogens is 528 g/mol. The third kappa shape index (κ3) is 6.43. The van der Waals surface area contributed by atoms with Crippen molar-refractivity contribution in [2.45, 2.75) is 36.9 Å². The van der Waals surface area contributed by atoms with Crippen LogP contribution in [0.4, 0.5) is 0 Å². The summed E-state index contributed by atoms with van der Waals surface area (Å²) in [5.41, 5.74) is 4.24. The molecule has 8 nitrogen and oxygen atoms in total. The first-order chi connectivity index (χ1) is 19.3. The van der Waals surface area contributed by atoms with Crippen LogP contribution in [-0.2, 0) is 32.3 Å². The third-order valence-electron chi connectivity index (χ3n) is 6.99. The Morgan fingerprint density at radius 3 is 2.33 bits per heavy atom. The second-order valence-corrected chi connectivity index (χ2v) is 11.8. The van der Waals surface area contributed by atoms with Crippen molar-refractivity contribution in [3.05, 3.63) is 90.1 Å². The van der Waals surface area contributed by atoms with Gasteiger partial charge in [0.1, 0.15) is 17.5 Å². The Labute approximate surface area is 234 Å². The van der Waals surface area contributed by atoms with Crippen molar-refractivity contribution in [3.63, 3.8) is 0 Å². The Balaban J connectivity index is 1.22. The lowest BCUT2D eigenvalue weighted by Gasteiger charge is -2.22. The zero-order valence-corrected chi connectivity index (χ0v) is 23.4. The molecule has 0 amide bonds. The molecule has 0 N–H and O–H groups in total. The summed E-state index contributed by atoms with van der Waals surface area (Å²) >= 11 is 0. The van der Waals surface area contributed by atoms with Crippen molar-refractivity contribution >= 4 is 15.8 Å². The second-order valence-electron chi connectivity index (χ2n) is 9.86. The highest BCUT2D eigenvalue weighted by molar-refractivity contribution is 7.90. The summed E-state index contributed by atoms with van der Waals surface area (Å²) in [4.78, 5) is 18.6. The number of oxazole rings is 1. The molecule has 208 valence electrons. The Bertz CT molecular complexity index is 1550. The predicted octanol–water partition coefficient (Wildman–Crippen LogP) is 5.17. The summed E-state index contributed by atoms with van der Waals surface area (Å²) in [5, 5.41) is -0.139. The molecule has 9 heteroatoms. The third-order valence-corrected chi connectivity index (χ3v) is 7.98. The Kier molecular flexibility index (Phi) is 8.32. The van der Waals surface area contributed by atoms with Gasteiger partial charge in [0.05, 0.1) is 13.7 Å². The highest BCUT2D eigenvalue weighted by Gasteiger charge is 2.31. The quantitative estimate of drug-likeness (QED) is 0.245. The van der Waals surface area contributed by atoms with Crippen LogP contribution in [0.15, 0.2) is 88.4 Å². The van der Waals surface area contributed by atoms with Crippen LogP contribution < -0.4 is 4.74 Å². The Morgan fingerprint density at radius 2 is 1.65 bits per heavy atom. The zero-order chi connectivity index (χ0) is 28.1. The molecule has 40 heavy (non-hydrogen) atoms. The van der Waals surface area contributed by atoms with Gasteiger partial charge in [0.15, 0.2) is 0 Å². The number of sulfone groups is 1. The standard InChI is InChI=1S/C31H32N2O6S/c1-37-30(34)28-9-6-19-33(28)21-22-10-16-26(17-11-22)38-20-18-27-31(40(2,35)36)39-29(32-27)25-14-12-24(13-15-25)23-7-4-3-5-8-23/h3-5,7-8,10-17,28H,6,9,18-21H2,1-2H3. The lowest BCUT2D eigenvalue weighted by atomic mass is 10.0. The summed E-state index contributed by atoms with van der Waals surface area (Å²) in [6, 6.07) is 25.1. The fourth-order valence-corrected chi connectivity index (χ4v) is 5.76. The van der Waals surface area contributed by atoms with Crippen molar-refractivity contribution < 1.29 is 27.1 Å². The van der Waals surface area contributed by atoms with Crippen LogP contribution >= 0.6 is 0 Å². The van der Waals surface area contributed by atoms with Crippen LogP contribution in [0.3, 0.4) is 0 Å². The maximum absolute atomic E-state index is 12.4. The molecule has 0 saturated carbocycles. The van der Waals surface area contributed by atoms with Gasteiger partial charge in [-0.25, -0.2) is 13.4 Å². The van der Waals surface area contributed by atoms with Crippen LogP contribution in [0.2, 0.25) is 0 Å². The molecule has 1 aliphatic heterocycles. The van der Waals surface area contributed by atoms with E-state index in [4.69, 9.17) is 13.9 Å². The number of carbonyl (C=O) groups is 1. The lowest BCUT2D eigenvalue weighted by Crippen LogP contribution is -2.36. The number of rotatable bonds is 10. The van der Waals surface area contributed by atoms with E-state index in [2.05, 4.69) is 9.88 Å². The van der Waals surface area contributed by atoms with Crippen LogP contribution in [0.1, 0.15) is 24.1 Å². The number of hydrogen-bond acceptors (Lipinski definition) is 8. The van der Waals surface area contributed by atoms with E-state index in [1.165, 1.54) is 7.11 Å². The average molecular weight is 561 g/mol. The van der Waals surface area contributed by atoms with E-state index >= 15 is 0 Å². The monoisotopic (exact) mass is 560 g/mol. The van der Waals surface area contributed by atoms with Gasteiger partial charge in [-0.2, -0.15) is 0 Å². The van der Waals surface area contributed by atoms with Gasteiger partial charge < -0.3 is 13.9 Å². The van der Waals surface area contributed by atoms with Crippen molar-refractivity contribution in [2.75, 3.05) is 26.5 Å². The summed E-state index contributed by atoms with van der Waals surface area (Å²) in [7, 11) is -2.20. The molecule has 3 aromatic carbocycles. The molecule has 0 radical (unpaired) electrons. The zero-order valence-electron chi connectivity index (χ0n) is 22.6. The van der Waals surface area contributed by atoms with Gasteiger partial charge in [0, 0.05) is 24.8 Å². The summed E-state index contributed by atoms with van der Waals surface area (Å²) in [6.45, 7) is 1.75. The summed E-state index contributed by atoms with van der Waals surface area (Å²) < 4.78 is 41.4. The maximum atomic E-state index is 12.4. The maximum Gasteiger partial charge on any atom is 0.323 e. The van der Waals surface area contributed by atoms with Gasteiger partial charge in [-0.1, -0.05) is 54.6 Å². The molecule has 1 saturated heterocycles. The molecule has 2 heterocycles. The second kappa shape index (κ2) is 12.1. The normalized spacial score (nSPS) is 15.7. The summed E-state index contributed by atoms with van der Waals surface area (Å²) in [5.74, 6) is 0.730. The molecular formula is C31H32N2O6S. The fourth-order valence-electron chi connectivity index (χ4n) is 4.95. The van der Waals surface area contributed by atoms with Gasteiger partial charge in [-0.3, -0.25) is 9.69 Å². The van der Waals surface area contributed by atoms with Gasteiger partial charge in [-0.15, -0.1) is 0 Å². The minimum absolute atomic E-state index is 0.139. The number of nitrogens with zero attached hydrogens (tertiary/aromatic N) is 2. The highest BCUT2D eigenvalue weighted by Crippen LogP contribution is 2.28. The van der Waals surface area contributed by atoms with Crippen molar-refractivity contribution in [1.29, 1.82) is 0 Å². The fraction of sp³-hybridized carbons (Fsp3) is 0.290. The molecule has 1 unspecified atom stereocenters. The van der Waals surface area contributed by atoms with E-state index in [9.17, 15) is 13.2 Å². The van der Waals surface area contributed by atoms with Crippen LogP contribution in [0.5, 0.6) is 5.75 Å².